The van der Waals surface area contributed by atoms with Gasteiger partial charge in [0.2, 0.25) is 0 Å². The number of esters is 1. The predicted molar refractivity (Wildman–Crippen MR) is 121 cm³/mol. The number of hydrogen-bond donors (Lipinski definition) is 1. The molecule has 2 atom stereocenters. The van der Waals surface area contributed by atoms with E-state index in [9.17, 15) is 9.59 Å². The van der Waals surface area contributed by atoms with Crippen molar-refractivity contribution in [1.82, 2.24) is 5.32 Å². The van der Waals surface area contributed by atoms with E-state index < -0.39 is 11.9 Å². The van der Waals surface area contributed by atoms with E-state index in [-0.39, 0.29) is 11.7 Å². The van der Waals surface area contributed by atoms with Crippen molar-refractivity contribution >= 4 is 11.8 Å². The lowest BCUT2D eigenvalue weighted by molar-refractivity contribution is -0.136. The average Bonchev–Trinajstić information content (AvgIpc) is 2.82. The Labute approximate surface area is 187 Å². The minimum Gasteiger partial charge on any atom is -0.497 e. The van der Waals surface area contributed by atoms with Gasteiger partial charge in [-0.1, -0.05) is 24.3 Å². The van der Waals surface area contributed by atoms with E-state index in [1.807, 2.05) is 55.5 Å². The SMILES string of the molecule is COC(=O)C1=C(C)NC2=C(C(=O)C[C@@H](c3ccc(OC)cc3)C2)[C@H]1c1ccc(OC)cc1. The zero-order valence-corrected chi connectivity index (χ0v) is 18.7. The molecule has 0 unspecified atom stereocenters. The summed E-state index contributed by atoms with van der Waals surface area (Å²) in [6.45, 7) is 1.86. The Kier molecular flexibility index (Phi) is 6.04. The first-order valence-corrected chi connectivity index (χ1v) is 10.6. The van der Waals surface area contributed by atoms with Gasteiger partial charge in [0.05, 0.1) is 26.9 Å². The Morgan fingerprint density at radius 3 is 1.97 bits per heavy atom. The molecule has 0 fully saturated rings. The molecule has 32 heavy (non-hydrogen) atoms. The van der Waals surface area contributed by atoms with Crippen LogP contribution in [0.1, 0.15) is 42.7 Å². The van der Waals surface area contributed by atoms with Crippen molar-refractivity contribution in [3.05, 3.63) is 82.2 Å². The molecule has 1 heterocycles. The molecule has 6 heteroatoms. The van der Waals surface area contributed by atoms with Crippen LogP contribution < -0.4 is 14.8 Å². The van der Waals surface area contributed by atoms with Crippen LogP contribution >= 0.6 is 0 Å². The highest BCUT2D eigenvalue weighted by molar-refractivity contribution is 6.04. The lowest BCUT2D eigenvalue weighted by Gasteiger charge is -2.36. The van der Waals surface area contributed by atoms with Gasteiger partial charge in [-0.15, -0.1) is 0 Å². The van der Waals surface area contributed by atoms with Gasteiger partial charge < -0.3 is 19.5 Å². The van der Waals surface area contributed by atoms with E-state index in [0.29, 0.717) is 35.4 Å². The van der Waals surface area contributed by atoms with Crippen LogP contribution in [0.4, 0.5) is 0 Å². The summed E-state index contributed by atoms with van der Waals surface area (Å²) in [5, 5.41) is 3.35. The number of nitrogens with one attached hydrogen (secondary N) is 1. The predicted octanol–water partition coefficient (Wildman–Crippen LogP) is 4.24. The molecule has 1 aliphatic heterocycles. The van der Waals surface area contributed by atoms with Gasteiger partial charge in [-0.3, -0.25) is 4.79 Å². The monoisotopic (exact) mass is 433 g/mol. The summed E-state index contributed by atoms with van der Waals surface area (Å²) in [6.07, 6.45) is 1.07. The minimum atomic E-state index is -0.478. The number of hydrogen-bond acceptors (Lipinski definition) is 6. The molecule has 0 radical (unpaired) electrons. The first kappa shape index (κ1) is 21.7. The maximum absolute atomic E-state index is 13.5. The molecule has 2 aliphatic rings. The van der Waals surface area contributed by atoms with Crippen LogP contribution in [0, 0.1) is 0 Å². The van der Waals surface area contributed by atoms with Crippen molar-refractivity contribution in [1.29, 1.82) is 0 Å². The highest BCUT2D eigenvalue weighted by atomic mass is 16.5. The van der Waals surface area contributed by atoms with Crippen LogP contribution in [0.5, 0.6) is 11.5 Å². The molecular formula is C26H27NO5. The normalized spacial score (nSPS) is 20.4. The van der Waals surface area contributed by atoms with Crippen molar-refractivity contribution in [3.8, 4) is 11.5 Å². The molecule has 0 bridgehead atoms. The third kappa shape index (κ3) is 3.88. The van der Waals surface area contributed by atoms with Gasteiger partial charge in [-0.25, -0.2) is 4.79 Å². The Balaban J connectivity index is 1.76. The molecule has 0 saturated heterocycles. The van der Waals surface area contributed by atoms with Crippen LogP contribution in [0.15, 0.2) is 71.1 Å². The Morgan fingerprint density at radius 1 is 0.875 bits per heavy atom. The summed E-state index contributed by atoms with van der Waals surface area (Å²) in [5.41, 5.74) is 4.64. The maximum atomic E-state index is 13.5. The molecule has 0 spiro atoms. The second-order valence-electron chi connectivity index (χ2n) is 8.06. The lowest BCUT2D eigenvalue weighted by Crippen LogP contribution is -2.36. The van der Waals surface area contributed by atoms with E-state index >= 15 is 0 Å². The van der Waals surface area contributed by atoms with Gasteiger partial charge in [0, 0.05) is 29.3 Å². The fourth-order valence-corrected chi connectivity index (χ4v) is 4.66. The molecule has 2 aromatic carbocycles. The first-order chi connectivity index (χ1) is 15.5. The Hall–Kier alpha value is -3.54. The summed E-state index contributed by atoms with van der Waals surface area (Å²) >= 11 is 0. The van der Waals surface area contributed by atoms with Crippen LogP contribution in [0.25, 0.3) is 0 Å². The number of carbonyl (C=O) groups is 2. The van der Waals surface area contributed by atoms with Gasteiger partial charge in [0.15, 0.2) is 5.78 Å². The molecule has 0 aromatic heterocycles. The zero-order valence-electron chi connectivity index (χ0n) is 18.7. The molecule has 166 valence electrons. The number of allylic oxidation sites excluding steroid dienone is 3. The molecule has 0 amide bonds. The van der Waals surface area contributed by atoms with Crippen LogP contribution in [-0.2, 0) is 14.3 Å². The molecule has 6 nitrogen and oxygen atoms in total. The summed E-state index contributed by atoms with van der Waals surface area (Å²) in [5.74, 6) is 0.679. The molecule has 0 saturated carbocycles. The third-order valence-electron chi connectivity index (χ3n) is 6.27. The number of carbonyl (C=O) groups excluding carboxylic acids is 2. The van der Waals surface area contributed by atoms with E-state index in [2.05, 4.69) is 5.32 Å². The number of ether oxygens (including phenoxy) is 3. The highest BCUT2D eigenvalue weighted by Crippen LogP contribution is 2.46. The summed E-state index contributed by atoms with van der Waals surface area (Å²) in [6, 6.07) is 15.3. The second kappa shape index (κ2) is 8.91. The summed E-state index contributed by atoms with van der Waals surface area (Å²) in [4.78, 5) is 26.2. The van der Waals surface area contributed by atoms with E-state index in [1.165, 1.54) is 7.11 Å². The van der Waals surface area contributed by atoms with Gasteiger partial charge in [0.25, 0.3) is 0 Å². The maximum Gasteiger partial charge on any atom is 0.336 e. The number of Topliss-reactive ketones (excluding diaryl/α,β-unsaturated/α-hetero) is 1. The van der Waals surface area contributed by atoms with Gasteiger partial charge >= 0.3 is 5.97 Å². The highest BCUT2D eigenvalue weighted by Gasteiger charge is 2.41. The molecular weight excluding hydrogens is 406 g/mol. The fraction of sp³-hybridized carbons (Fsp3) is 0.308. The van der Waals surface area contributed by atoms with E-state index in [0.717, 1.165) is 22.6 Å². The Bertz CT molecular complexity index is 1100. The smallest absolute Gasteiger partial charge is 0.336 e. The van der Waals surface area contributed by atoms with Crippen molar-refractivity contribution in [3.63, 3.8) is 0 Å². The topological polar surface area (TPSA) is 73.9 Å². The molecule has 1 aliphatic carbocycles. The van der Waals surface area contributed by atoms with Crippen molar-refractivity contribution < 1.29 is 23.8 Å². The number of dihydropyridines is 1. The van der Waals surface area contributed by atoms with Crippen LogP contribution in [-0.4, -0.2) is 33.1 Å². The van der Waals surface area contributed by atoms with Crippen molar-refractivity contribution in [2.24, 2.45) is 0 Å². The first-order valence-electron chi connectivity index (χ1n) is 10.6. The lowest BCUT2D eigenvalue weighted by atomic mass is 9.71. The number of rotatable bonds is 5. The van der Waals surface area contributed by atoms with Gasteiger partial charge in [-0.2, -0.15) is 0 Å². The van der Waals surface area contributed by atoms with Gasteiger partial charge in [0.1, 0.15) is 11.5 Å². The molecule has 2 aromatic rings. The molecule has 4 rings (SSSR count). The second-order valence-corrected chi connectivity index (χ2v) is 8.06. The minimum absolute atomic E-state index is 0.0364. The quantitative estimate of drug-likeness (QED) is 0.711. The van der Waals surface area contributed by atoms with Crippen LogP contribution in [0.3, 0.4) is 0 Å². The third-order valence-corrected chi connectivity index (χ3v) is 6.27. The van der Waals surface area contributed by atoms with Crippen molar-refractivity contribution in [2.75, 3.05) is 21.3 Å². The Morgan fingerprint density at radius 2 is 1.44 bits per heavy atom. The fourth-order valence-electron chi connectivity index (χ4n) is 4.66. The zero-order chi connectivity index (χ0) is 22.8. The number of methoxy groups -OCH3 is 3. The van der Waals surface area contributed by atoms with Crippen molar-refractivity contribution in [2.45, 2.75) is 31.6 Å². The summed E-state index contributed by atoms with van der Waals surface area (Å²) < 4.78 is 15.6. The molecule has 1 N–H and O–H groups in total. The van der Waals surface area contributed by atoms with Crippen LogP contribution in [0.2, 0.25) is 0 Å². The summed E-state index contributed by atoms with van der Waals surface area (Å²) in [7, 11) is 4.60. The standard InChI is InChI=1S/C26H27NO5/c1-15-23(26(29)32-4)24(17-7-11-20(31-3)12-8-17)25-21(27-15)13-18(14-22(25)28)16-5-9-19(30-2)10-6-16/h5-12,18,24,27H,13-14H2,1-4H3/t18-,24-/m0/s1. The number of benzene rings is 2. The number of ketones is 1. The van der Waals surface area contributed by atoms with Gasteiger partial charge in [-0.05, 0) is 54.7 Å². The average molecular weight is 434 g/mol. The largest absolute Gasteiger partial charge is 0.497 e. The van der Waals surface area contributed by atoms with E-state index in [4.69, 9.17) is 14.2 Å². The van der Waals surface area contributed by atoms with E-state index in [1.54, 1.807) is 14.2 Å².